The molecule has 0 amide bonds. The van der Waals surface area contributed by atoms with Gasteiger partial charge in [-0.05, 0) is 34.1 Å². The van der Waals surface area contributed by atoms with E-state index < -0.39 is 164 Å². The monoisotopic (exact) mass is 1050 g/mol. The smallest absolute Gasteiger partial charge is 0.726 e. The van der Waals surface area contributed by atoms with Gasteiger partial charge in [-0.3, -0.25) is 16.7 Å². The van der Waals surface area contributed by atoms with Gasteiger partial charge in [-0.15, -0.1) is 0 Å². The zero-order valence-electron chi connectivity index (χ0n) is 35.6. The first kappa shape index (κ1) is 67.0. The Hall–Kier alpha value is 2.96. The quantitative estimate of drug-likeness (QED) is 0.0513. The zero-order chi connectivity index (χ0) is 45.4. The van der Waals surface area contributed by atoms with Crippen LogP contribution in [0, 0.1) is 0 Å². The van der Waals surface area contributed by atoms with Crippen LogP contribution in [-0.4, -0.2) is 207 Å². The molecule has 0 radical (unpaired) electrons. The first-order valence-corrected chi connectivity index (χ1v) is 22.9. The van der Waals surface area contributed by atoms with Gasteiger partial charge >= 0.3 is 118 Å². The fourth-order valence-corrected chi connectivity index (χ4v) is 8.83. The number of rotatable bonds is 17. The first-order valence-electron chi connectivity index (χ1n) is 17.6. The van der Waals surface area contributed by atoms with Crippen LogP contribution in [-0.2, 0) is 96.2 Å². The summed E-state index contributed by atoms with van der Waals surface area (Å²) in [5.41, 5.74) is 0. The molecule has 64 heavy (non-hydrogen) atoms. The fourth-order valence-electron chi connectivity index (χ4n) is 6.67. The molecule has 354 valence electrons. The minimum absolute atomic E-state index is 0. The van der Waals surface area contributed by atoms with E-state index in [2.05, 4.69) is 12.5 Å². The molecule has 0 aromatic heterocycles. The van der Waals surface area contributed by atoms with Gasteiger partial charge in [-0.25, -0.2) is 33.7 Å². The molecule has 37 heteroatoms. The molecule has 4 saturated heterocycles. The van der Waals surface area contributed by atoms with E-state index in [9.17, 15) is 77.4 Å². The van der Waals surface area contributed by atoms with Crippen molar-refractivity contribution in [1.82, 2.24) is 0 Å². The average Bonchev–Trinajstić information content (AvgIpc) is 3.09. The maximum atomic E-state index is 12.0. The predicted molar refractivity (Wildman–Crippen MR) is 177 cm³/mol. The minimum Gasteiger partial charge on any atom is -0.726 e. The van der Waals surface area contributed by atoms with Crippen LogP contribution in [0.25, 0.3) is 0 Å². The zero-order valence-corrected chi connectivity index (χ0v) is 46.9. The van der Waals surface area contributed by atoms with Gasteiger partial charge in [0.25, 0.3) is 0 Å². The van der Waals surface area contributed by atoms with Crippen molar-refractivity contribution in [2.24, 2.45) is 0 Å². The number of hydrogen-bond acceptors (Lipinski definition) is 29. The number of aliphatic hydroxyl groups excluding tert-OH is 5. The molecule has 0 aromatic rings. The van der Waals surface area contributed by atoms with E-state index in [4.69, 9.17) is 42.1 Å². The summed E-state index contributed by atoms with van der Waals surface area (Å²) in [5, 5.41) is 54.5. The third kappa shape index (κ3) is 18.8. The molecule has 0 spiro atoms. The van der Waals surface area contributed by atoms with Crippen LogP contribution in [0.15, 0.2) is 0 Å². The fraction of sp³-hybridized carbons (Fsp3) is 1.00. The molecule has 29 nitrogen and oxygen atoms in total. The van der Waals surface area contributed by atoms with E-state index >= 15 is 0 Å². The summed E-state index contributed by atoms with van der Waals surface area (Å²) in [6.45, 7) is 5.83. The molecule has 5 N–H and O–H groups in total. The molecule has 0 saturated carbocycles. The van der Waals surface area contributed by atoms with Crippen LogP contribution >= 0.6 is 0 Å². The second-order valence-electron chi connectivity index (χ2n) is 13.8. The summed E-state index contributed by atoms with van der Waals surface area (Å²) >= 11 is 0. The molecule has 4 heterocycles. The van der Waals surface area contributed by atoms with Crippen LogP contribution in [0.3, 0.4) is 0 Å². The van der Waals surface area contributed by atoms with Crippen LogP contribution in [0.2, 0.25) is 0 Å². The molecule has 0 aromatic carbocycles. The van der Waals surface area contributed by atoms with Gasteiger partial charge < -0.3 is 81.6 Å². The van der Waals surface area contributed by atoms with Crippen molar-refractivity contribution in [3.05, 3.63) is 0 Å². The normalized spacial score (nSPS) is 41.0. The molecule has 4 aliphatic rings. The molecule has 4 rings (SSSR count). The SMILES string of the molecule is CCCO[C@@H]1O[C@@H](C)[C@@H](OS(=O)(=O)[O-])[C@@H](O[C@@H]2O[C@@H](C)[C@@H](OS(=O)(=O)[O-])[C@@H](O[C@@H]3O[C@@H](C)[C@@H](OS(=O)(=O)[O-])[C@@H](O)[C@@H]3O)[C@@H]2O)[C@@H]1O[C@@H]1O[C@@H](C)[C@@H](OS(=O)(=O)[O-])[C@@H](O)[C@@H]1O.[Na+].[Na+].[Na+].[Na+]. The molecular formula is C27H44Na4O29S4. The molecule has 4 fully saturated rings. The standard InChI is InChI=1S/C27H48O29S4.4Na/c1-6-7-45-27-23(52-25-15(31)13(29)18(9(3)47-25)54-58(36,37)38)22(20(11(5)49-27)56-60(42,43)44)51-26-16(32)21(19(10(4)48-26)55-59(39,40)41)50-24-14(30)12(28)17(8(2)46-24)53-57(33,34)35;;;;/h8-32H,6-7H2,1-5H3,(H,33,34,35)(H,36,37,38)(H,39,40,41)(H,42,43,44);;;;/q;4*+1/p-4/t8-,9-,10-,11-,12-,13-,14-,15-,16-,17+,18+,19+,20+,21-,22+,23-,24-,25-,26-,27+;;;;/m0..../s1. The Morgan fingerprint density at radius 3 is 1.05 bits per heavy atom. The second-order valence-corrected chi connectivity index (χ2v) is 17.9. The Kier molecular flexibility index (Phi) is 28.6. The first-order chi connectivity index (χ1) is 27.4. The predicted octanol–water partition coefficient (Wildman–Crippen LogP) is -18.3. The van der Waals surface area contributed by atoms with Gasteiger partial charge in [0.15, 0.2) is 25.2 Å². The summed E-state index contributed by atoms with van der Waals surface area (Å²) in [6.07, 6.45) is -40.5. The van der Waals surface area contributed by atoms with E-state index in [1.54, 1.807) is 6.92 Å². The van der Waals surface area contributed by atoms with Crippen molar-refractivity contribution in [1.29, 1.82) is 0 Å². The van der Waals surface area contributed by atoms with Crippen molar-refractivity contribution >= 4 is 41.6 Å². The van der Waals surface area contributed by atoms with Gasteiger partial charge in [0.05, 0.1) is 24.4 Å². The maximum Gasteiger partial charge on any atom is 1.00 e. The van der Waals surface area contributed by atoms with E-state index in [-0.39, 0.29) is 131 Å². The van der Waals surface area contributed by atoms with Crippen molar-refractivity contribution < 1.29 is 250 Å². The third-order valence-corrected chi connectivity index (χ3v) is 11.1. The summed E-state index contributed by atoms with van der Waals surface area (Å²) in [5.74, 6) is 0. The molecule has 4 aliphatic heterocycles. The second kappa shape index (κ2) is 27.3. The van der Waals surface area contributed by atoms with E-state index in [1.165, 1.54) is 0 Å². The Bertz CT molecular complexity index is 1890. The van der Waals surface area contributed by atoms with Crippen molar-refractivity contribution in [3.63, 3.8) is 0 Å². The van der Waals surface area contributed by atoms with Gasteiger partial charge in [-0.1, -0.05) is 6.92 Å². The number of ether oxygens (including phenoxy) is 8. The number of aliphatic hydroxyl groups is 5. The molecule has 0 unspecified atom stereocenters. The maximum absolute atomic E-state index is 12.0. The molecule has 0 aliphatic carbocycles. The van der Waals surface area contributed by atoms with E-state index in [1.807, 2.05) is 0 Å². The Morgan fingerprint density at radius 1 is 0.406 bits per heavy atom. The van der Waals surface area contributed by atoms with Crippen LogP contribution in [0.5, 0.6) is 0 Å². The van der Waals surface area contributed by atoms with Crippen molar-refractivity contribution in [3.8, 4) is 0 Å². The minimum atomic E-state index is -5.71. The van der Waals surface area contributed by atoms with Gasteiger partial charge in [0.2, 0.25) is 41.6 Å². The largest absolute Gasteiger partial charge is 1.00 e. The summed E-state index contributed by atoms with van der Waals surface area (Å²) in [7, 11) is -22.4. The molecule has 0 bridgehead atoms. The Morgan fingerprint density at radius 2 is 0.688 bits per heavy atom. The Labute approximate surface area is 457 Å². The van der Waals surface area contributed by atoms with E-state index in [0.717, 1.165) is 27.7 Å². The summed E-state index contributed by atoms with van der Waals surface area (Å²) in [6, 6.07) is 0. The Balaban J connectivity index is 0.00000992. The van der Waals surface area contributed by atoms with E-state index in [0.29, 0.717) is 0 Å². The summed E-state index contributed by atoms with van der Waals surface area (Å²) < 4.78 is 202. The molecule has 20 atom stereocenters. The third-order valence-electron chi connectivity index (χ3n) is 9.31. The van der Waals surface area contributed by atoms with Crippen LogP contribution in [0.4, 0.5) is 0 Å². The van der Waals surface area contributed by atoms with Crippen LogP contribution in [0.1, 0.15) is 41.0 Å². The van der Waals surface area contributed by atoms with Crippen molar-refractivity contribution in [2.75, 3.05) is 6.61 Å². The van der Waals surface area contributed by atoms with Gasteiger partial charge in [0.1, 0.15) is 73.2 Å². The molecular weight excluding hydrogens is 1010 g/mol. The van der Waals surface area contributed by atoms with Gasteiger partial charge in [-0.2, -0.15) is 0 Å². The van der Waals surface area contributed by atoms with Crippen molar-refractivity contribution in [2.45, 2.75) is 164 Å². The summed E-state index contributed by atoms with van der Waals surface area (Å²) in [4.78, 5) is 0. The van der Waals surface area contributed by atoms with Gasteiger partial charge in [0, 0.05) is 6.61 Å². The average molecular weight is 1050 g/mol. The topological polar surface area (TPSA) is 441 Å². The van der Waals surface area contributed by atoms with Crippen LogP contribution < -0.4 is 118 Å². The number of hydrogen-bond donors (Lipinski definition) is 5.